The lowest BCUT2D eigenvalue weighted by Gasteiger charge is -2.18. The highest BCUT2D eigenvalue weighted by Crippen LogP contribution is 2.37. The number of ether oxygens (including phenoxy) is 2. The van der Waals surface area contributed by atoms with Gasteiger partial charge < -0.3 is 25.8 Å². The van der Waals surface area contributed by atoms with Gasteiger partial charge in [-0.05, 0) is 30.5 Å². The summed E-state index contributed by atoms with van der Waals surface area (Å²) in [6, 6.07) is 8.32. The molecule has 10 heteroatoms. The van der Waals surface area contributed by atoms with Crippen molar-refractivity contribution in [2.45, 2.75) is 25.5 Å². The Hall–Kier alpha value is -3.82. The maximum Gasteiger partial charge on any atom is 0.387 e. The van der Waals surface area contributed by atoms with Gasteiger partial charge in [0, 0.05) is 42.7 Å². The molecule has 0 radical (unpaired) electrons. The number of alkyl halides is 2. The fourth-order valence-corrected chi connectivity index (χ4v) is 3.30. The number of anilines is 3. The molecule has 1 amide bonds. The molecule has 0 atom stereocenters. The van der Waals surface area contributed by atoms with E-state index in [2.05, 4.69) is 20.5 Å². The van der Waals surface area contributed by atoms with E-state index in [1.165, 1.54) is 19.2 Å². The number of halogens is 2. The van der Waals surface area contributed by atoms with Crippen molar-refractivity contribution >= 4 is 23.0 Å². The van der Waals surface area contributed by atoms with Gasteiger partial charge in [0.05, 0.1) is 24.7 Å². The first-order chi connectivity index (χ1) is 15.3. The molecule has 0 unspecified atom stereocenters. The van der Waals surface area contributed by atoms with Crippen LogP contribution < -0.4 is 25.8 Å². The monoisotopic (exact) mass is 443 g/mol. The largest absolute Gasteiger partial charge is 0.496 e. The van der Waals surface area contributed by atoms with Crippen LogP contribution in [0.15, 0.2) is 42.7 Å². The summed E-state index contributed by atoms with van der Waals surface area (Å²) in [6.45, 7) is -3.11. The van der Waals surface area contributed by atoms with E-state index in [1.807, 2.05) is 19.3 Å². The number of nitrogens with two attached hydrogens (primary N) is 1. The van der Waals surface area contributed by atoms with Gasteiger partial charge in [0.15, 0.2) is 0 Å². The normalized spacial score (nSPS) is 13.2. The first-order valence-electron chi connectivity index (χ1n) is 9.97. The van der Waals surface area contributed by atoms with Crippen LogP contribution in [0.1, 0.15) is 23.2 Å². The maximum absolute atomic E-state index is 13.1. The average molecular weight is 443 g/mol. The van der Waals surface area contributed by atoms with E-state index >= 15 is 0 Å². The number of carbonyl (C=O) groups excluding carboxylic acids is 1. The smallest absolute Gasteiger partial charge is 0.387 e. The van der Waals surface area contributed by atoms with Crippen molar-refractivity contribution in [2.75, 3.05) is 18.2 Å². The minimum absolute atomic E-state index is 0.0440. The number of benzene rings is 2. The second kappa shape index (κ2) is 8.74. The Labute approximate surface area is 183 Å². The predicted octanol–water partition coefficient (Wildman–Crippen LogP) is 3.92. The van der Waals surface area contributed by atoms with E-state index in [0.717, 1.165) is 24.0 Å². The number of hydrogen-bond donors (Lipinski definition) is 3. The Morgan fingerprint density at radius 1 is 1.22 bits per heavy atom. The number of aromatic nitrogens is 2. The molecular weight excluding hydrogens is 420 g/mol. The van der Waals surface area contributed by atoms with Crippen molar-refractivity contribution in [3.8, 4) is 22.6 Å². The number of nitrogens with zero attached hydrogens (tertiary/aromatic N) is 2. The summed E-state index contributed by atoms with van der Waals surface area (Å²) in [4.78, 5) is 12.6. The number of carbonyl (C=O) groups is 1. The quantitative estimate of drug-likeness (QED) is 0.456. The van der Waals surface area contributed by atoms with Gasteiger partial charge in [0.1, 0.15) is 17.1 Å². The maximum atomic E-state index is 13.1. The van der Waals surface area contributed by atoms with Crippen LogP contribution in [0.4, 0.5) is 25.8 Å². The molecule has 1 saturated carbocycles. The highest BCUT2D eigenvalue weighted by atomic mass is 19.3. The number of rotatable bonds is 8. The van der Waals surface area contributed by atoms with Crippen molar-refractivity contribution in [1.82, 2.24) is 15.1 Å². The Kier molecular flexibility index (Phi) is 5.85. The fraction of sp³-hybridized carbons (Fsp3) is 0.273. The summed E-state index contributed by atoms with van der Waals surface area (Å²) < 4.78 is 37.8. The topological polar surface area (TPSA) is 103 Å². The molecule has 1 aromatic heterocycles. The number of methoxy groups -OCH3 is 1. The lowest BCUT2D eigenvalue weighted by atomic mass is 10.1. The van der Waals surface area contributed by atoms with Crippen LogP contribution >= 0.6 is 0 Å². The molecule has 3 aromatic rings. The molecule has 0 bridgehead atoms. The fourth-order valence-electron chi connectivity index (χ4n) is 3.30. The van der Waals surface area contributed by atoms with Crippen LogP contribution in [-0.2, 0) is 7.05 Å². The zero-order valence-corrected chi connectivity index (χ0v) is 17.6. The standard InChI is InChI=1S/C22H23F2N5O3/c1-29-11-13(10-26-29)12-3-6-17(16(25)7-12)27-15-8-18(31-2)20(19(9-15)32-22(23)24)21(30)28-14-4-5-14/h3,6-11,14,22,27H,4-5,25H2,1-2H3,(H,28,30). The van der Waals surface area contributed by atoms with Crippen LogP contribution in [0, 0.1) is 0 Å². The molecule has 1 aliphatic carbocycles. The van der Waals surface area contributed by atoms with Crippen LogP contribution in [0.5, 0.6) is 11.5 Å². The van der Waals surface area contributed by atoms with E-state index in [0.29, 0.717) is 17.1 Å². The summed E-state index contributed by atoms with van der Waals surface area (Å²) in [5.41, 5.74) is 9.29. The zero-order valence-electron chi connectivity index (χ0n) is 17.6. The van der Waals surface area contributed by atoms with Crippen molar-refractivity contribution in [3.05, 3.63) is 48.3 Å². The minimum atomic E-state index is -3.11. The summed E-state index contributed by atoms with van der Waals surface area (Å²) in [5.74, 6) is -0.702. The van der Waals surface area contributed by atoms with Gasteiger partial charge in [-0.1, -0.05) is 6.07 Å². The molecule has 1 fully saturated rings. The van der Waals surface area contributed by atoms with Crippen LogP contribution in [0.2, 0.25) is 0 Å². The molecule has 168 valence electrons. The van der Waals surface area contributed by atoms with E-state index in [1.54, 1.807) is 23.0 Å². The second-order valence-electron chi connectivity index (χ2n) is 7.51. The van der Waals surface area contributed by atoms with E-state index in [9.17, 15) is 13.6 Å². The third-order valence-electron chi connectivity index (χ3n) is 5.01. The van der Waals surface area contributed by atoms with Gasteiger partial charge in [-0.25, -0.2) is 0 Å². The third kappa shape index (κ3) is 4.74. The molecule has 1 heterocycles. The molecule has 32 heavy (non-hydrogen) atoms. The molecule has 2 aromatic carbocycles. The third-order valence-corrected chi connectivity index (χ3v) is 5.01. The highest BCUT2D eigenvalue weighted by Gasteiger charge is 2.28. The summed E-state index contributed by atoms with van der Waals surface area (Å²) in [6.07, 6.45) is 5.30. The van der Waals surface area contributed by atoms with E-state index < -0.39 is 12.5 Å². The van der Waals surface area contributed by atoms with Crippen LogP contribution in [-0.4, -0.2) is 35.5 Å². The van der Waals surface area contributed by atoms with Crippen molar-refractivity contribution in [3.63, 3.8) is 0 Å². The number of aryl methyl sites for hydroxylation is 1. The summed E-state index contributed by atoms with van der Waals surface area (Å²) >= 11 is 0. The van der Waals surface area contributed by atoms with Crippen molar-refractivity contribution < 1.29 is 23.0 Å². The van der Waals surface area contributed by atoms with Gasteiger partial charge in [0.25, 0.3) is 5.91 Å². The molecule has 4 rings (SSSR count). The van der Waals surface area contributed by atoms with Crippen molar-refractivity contribution in [2.24, 2.45) is 7.05 Å². The Balaban J connectivity index is 1.65. The second-order valence-corrected chi connectivity index (χ2v) is 7.51. The number of amides is 1. The minimum Gasteiger partial charge on any atom is -0.496 e. The number of hydrogen-bond acceptors (Lipinski definition) is 6. The molecule has 4 N–H and O–H groups in total. The molecular formula is C22H23F2N5O3. The first kappa shape index (κ1) is 21.4. The van der Waals surface area contributed by atoms with Gasteiger partial charge in [-0.15, -0.1) is 0 Å². The van der Waals surface area contributed by atoms with Gasteiger partial charge in [0.2, 0.25) is 0 Å². The summed E-state index contributed by atoms with van der Waals surface area (Å²) in [5, 5.41) is 10.00. The number of nitrogen functional groups attached to an aromatic ring is 1. The lowest BCUT2D eigenvalue weighted by Crippen LogP contribution is -2.26. The van der Waals surface area contributed by atoms with Gasteiger partial charge >= 0.3 is 6.61 Å². The molecule has 0 spiro atoms. The lowest BCUT2D eigenvalue weighted by molar-refractivity contribution is -0.0502. The molecule has 0 aliphatic heterocycles. The van der Waals surface area contributed by atoms with Gasteiger partial charge in [-0.2, -0.15) is 13.9 Å². The van der Waals surface area contributed by atoms with Crippen LogP contribution in [0.25, 0.3) is 11.1 Å². The number of nitrogens with one attached hydrogen (secondary N) is 2. The molecule has 8 nitrogen and oxygen atoms in total. The van der Waals surface area contributed by atoms with Gasteiger partial charge in [-0.3, -0.25) is 9.48 Å². The van der Waals surface area contributed by atoms with E-state index in [-0.39, 0.29) is 23.1 Å². The molecule has 1 aliphatic rings. The average Bonchev–Trinajstić information content (AvgIpc) is 3.45. The Morgan fingerprint density at radius 2 is 1.97 bits per heavy atom. The Bertz CT molecular complexity index is 1140. The first-order valence-corrected chi connectivity index (χ1v) is 9.97. The molecule has 0 saturated heterocycles. The SMILES string of the molecule is COc1cc(Nc2ccc(-c3cnn(C)c3)cc2N)cc(OC(F)F)c1C(=O)NC1CC1. The summed E-state index contributed by atoms with van der Waals surface area (Å²) in [7, 11) is 3.18. The zero-order chi connectivity index (χ0) is 22.8. The predicted molar refractivity (Wildman–Crippen MR) is 116 cm³/mol. The van der Waals surface area contributed by atoms with Crippen molar-refractivity contribution in [1.29, 1.82) is 0 Å². The highest BCUT2D eigenvalue weighted by molar-refractivity contribution is 6.01. The Morgan fingerprint density at radius 3 is 2.56 bits per heavy atom. The van der Waals surface area contributed by atoms with Crippen LogP contribution in [0.3, 0.4) is 0 Å². The van der Waals surface area contributed by atoms with E-state index in [4.69, 9.17) is 10.5 Å².